The molecule has 1 aliphatic heterocycles. The number of primary amides is 1. The number of carbonyl (C=O) groups is 3. The van der Waals surface area contributed by atoms with E-state index in [2.05, 4.69) is 31.3 Å². The van der Waals surface area contributed by atoms with Crippen LogP contribution in [0, 0.1) is 0 Å². The second kappa shape index (κ2) is 15.6. The van der Waals surface area contributed by atoms with Gasteiger partial charge in [0.2, 0.25) is 6.41 Å². The Bertz CT molecular complexity index is 1260. The molecule has 196 valence electrons. The van der Waals surface area contributed by atoms with Gasteiger partial charge >= 0.3 is 0 Å². The highest BCUT2D eigenvalue weighted by molar-refractivity contribution is 6.07. The number of aromatic nitrogens is 3. The molecule has 4 heterocycles. The normalized spacial score (nSPS) is 13.9. The summed E-state index contributed by atoms with van der Waals surface area (Å²) in [5, 5.41) is 5.68. The number of amides is 3. The van der Waals surface area contributed by atoms with Crippen molar-refractivity contribution in [2.45, 2.75) is 13.0 Å². The van der Waals surface area contributed by atoms with Gasteiger partial charge in [0.25, 0.3) is 11.8 Å². The number of pyridine rings is 3. The largest absolute Gasteiger partial charge is 0.405 e. The van der Waals surface area contributed by atoms with E-state index in [1.54, 1.807) is 85.5 Å². The molecule has 0 saturated heterocycles. The van der Waals surface area contributed by atoms with Crippen molar-refractivity contribution in [3.05, 3.63) is 109 Å². The Morgan fingerprint density at radius 3 is 1.92 bits per heavy atom. The molecule has 0 fully saturated rings. The van der Waals surface area contributed by atoms with Crippen LogP contribution in [0.5, 0.6) is 0 Å². The predicted octanol–water partition coefficient (Wildman–Crippen LogP) is 2.31. The van der Waals surface area contributed by atoms with E-state index in [4.69, 9.17) is 10.5 Å². The molecule has 3 amide bonds. The molecule has 0 bridgehead atoms. The molecule has 0 saturated carbocycles. The third-order valence-electron chi connectivity index (χ3n) is 4.96. The zero-order chi connectivity index (χ0) is 27.8. The molecule has 1 aliphatic rings. The molecule has 1 unspecified atom stereocenters. The lowest BCUT2D eigenvalue weighted by molar-refractivity contribution is -0.119. The van der Waals surface area contributed by atoms with Gasteiger partial charge in [0.05, 0.1) is 23.8 Å². The highest BCUT2D eigenvalue weighted by atomic mass is 16.2. The van der Waals surface area contributed by atoms with E-state index in [0.29, 0.717) is 17.1 Å². The Morgan fingerprint density at radius 1 is 0.921 bits per heavy atom. The molecule has 6 N–H and O–H groups in total. The minimum Gasteiger partial charge on any atom is -0.405 e. The van der Waals surface area contributed by atoms with E-state index in [9.17, 15) is 9.59 Å². The lowest BCUT2D eigenvalue weighted by Crippen LogP contribution is -2.44. The van der Waals surface area contributed by atoms with E-state index in [-0.39, 0.29) is 18.2 Å². The van der Waals surface area contributed by atoms with Crippen molar-refractivity contribution in [3.63, 3.8) is 0 Å². The zero-order valence-corrected chi connectivity index (χ0v) is 21.1. The van der Waals surface area contributed by atoms with Gasteiger partial charge in [-0.2, -0.15) is 0 Å². The first-order valence-corrected chi connectivity index (χ1v) is 11.4. The lowest BCUT2D eigenvalue weighted by atomic mass is 9.98. The monoisotopic (exact) mass is 514 g/mol. The number of hydrogen-bond acceptors (Lipinski definition) is 8. The summed E-state index contributed by atoms with van der Waals surface area (Å²) in [4.78, 5) is 48.5. The fourth-order valence-corrected chi connectivity index (χ4v) is 3.20. The van der Waals surface area contributed by atoms with Crippen molar-refractivity contribution in [2.24, 2.45) is 11.5 Å². The SMILES string of the molecule is C/C=C\N.CN1C(C(=O)Nc2cccnc2)=CC(c2cccnc2)=CC1C(=O)Nc1cccnc1.NC=O. The summed E-state index contributed by atoms with van der Waals surface area (Å²) in [6.45, 7) is 1.88. The van der Waals surface area contributed by atoms with Crippen molar-refractivity contribution in [1.29, 1.82) is 0 Å². The number of hydrogen-bond donors (Lipinski definition) is 4. The highest BCUT2D eigenvalue weighted by Crippen LogP contribution is 2.27. The average molecular weight is 515 g/mol. The average Bonchev–Trinajstić information content (AvgIpc) is 2.95. The molecule has 38 heavy (non-hydrogen) atoms. The first kappa shape index (κ1) is 28.9. The first-order valence-electron chi connectivity index (χ1n) is 11.4. The van der Waals surface area contributed by atoms with E-state index < -0.39 is 6.04 Å². The minimum atomic E-state index is -0.713. The van der Waals surface area contributed by atoms with Gasteiger partial charge in [-0.15, -0.1) is 0 Å². The highest BCUT2D eigenvalue weighted by Gasteiger charge is 2.30. The lowest BCUT2D eigenvalue weighted by Gasteiger charge is -2.32. The van der Waals surface area contributed by atoms with Gasteiger partial charge < -0.3 is 27.0 Å². The third kappa shape index (κ3) is 8.72. The molecular weight excluding hydrogens is 484 g/mol. The van der Waals surface area contributed by atoms with Crippen LogP contribution in [-0.4, -0.2) is 51.2 Å². The molecule has 1 atom stereocenters. The molecule has 11 nitrogen and oxygen atoms in total. The van der Waals surface area contributed by atoms with Crippen molar-refractivity contribution >= 4 is 35.2 Å². The number of allylic oxidation sites excluding steroid dienone is 3. The number of nitrogens with zero attached hydrogens (tertiary/aromatic N) is 4. The Balaban J connectivity index is 0.000000650. The van der Waals surface area contributed by atoms with Crippen molar-refractivity contribution in [3.8, 4) is 0 Å². The maximum Gasteiger partial charge on any atom is 0.272 e. The minimum absolute atomic E-state index is 0.250. The Morgan fingerprint density at radius 2 is 1.45 bits per heavy atom. The van der Waals surface area contributed by atoms with Crippen LogP contribution >= 0.6 is 0 Å². The fourth-order valence-electron chi connectivity index (χ4n) is 3.20. The number of carbonyl (C=O) groups excluding carboxylic acids is 3. The second-order valence-electron chi connectivity index (χ2n) is 7.54. The number of anilines is 2. The molecule has 0 radical (unpaired) electrons. The summed E-state index contributed by atoms with van der Waals surface area (Å²) < 4.78 is 0. The quantitative estimate of drug-likeness (QED) is 0.376. The summed E-state index contributed by atoms with van der Waals surface area (Å²) in [5.74, 6) is -0.624. The van der Waals surface area contributed by atoms with Crippen molar-refractivity contribution in [2.75, 3.05) is 17.7 Å². The van der Waals surface area contributed by atoms with Crippen LogP contribution in [0.2, 0.25) is 0 Å². The van der Waals surface area contributed by atoms with E-state index >= 15 is 0 Å². The van der Waals surface area contributed by atoms with E-state index in [1.807, 2.05) is 25.1 Å². The van der Waals surface area contributed by atoms with Gasteiger partial charge in [0, 0.05) is 31.8 Å². The van der Waals surface area contributed by atoms with Gasteiger partial charge in [-0.1, -0.05) is 12.1 Å². The van der Waals surface area contributed by atoms with Crippen LogP contribution in [0.25, 0.3) is 5.57 Å². The molecule has 0 spiro atoms. The van der Waals surface area contributed by atoms with Crippen LogP contribution in [0.15, 0.2) is 104 Å². The second-order valence-corrected chi connectivity index (χ2v) is 7.54. The first-order chi connectivity index (χ1) is 18.4. The van der Waals surface area contributed by atoms with Crippen LogP contribution in [0.3, 0.4) is 0 Å². The smallest absolute Gasteiger partial charge is 0.272 e. The molecule has 0 aliphatic carbocycles. The van der Waals surface area contributed by atoms with Gasteiger partial charge in [-0.3, -0.25) is 29.3 Å². The molecule has 11 heteroatoms. The van der Waals surface area contributed by atoms with Crippen LogP contribution in [0.1, 0.15) is 12.5 Å². The third-order valence-corrected chi connectivity index (χ3v) is 4.96. The summed E-state index contributed by atoms with van der Waals surface area (Å²) in [6.07, 6.45) is 16.8. The predicted molar refractivity (Wildman–Crippen MR) is 147 cm³/mol. The van der Waals surface area contributed by atoms with Crippen molar-refractivity contribution < 1.29 is 14.4 Å². The topological polar surface area (TPSA) is 169 Å². The summed E-state index contributed by atoms with van der Waals surface area (Å²) in [7, 11) is 1.71. The van der Waals surface area contributed by atoms with E-state index in [0.717, 1.165) is 11.1 Å². The molecule has 4 rings (SSSR count). The molecule has 0 aromatic carbocycles. The Kier molecular flexibility index (Phi) is 11.9. The maximum atomic E-state index is 13.1. The van der Waals surface area contributed by atoms with Crippen LogP contribution < -0.4 is 22.1 Å². The van der Waals surface area contributed by atoms with Crippen molar-refractivity contribution in [1.82, 2.24) is 19.9 Å². The number of nitrogens with two attached hydrogens (primary N) is 2. The number of nitrogens with one attached hydrogen (secondary N) is 2. The standard InChI is InChI=1S/C23H20N6O2.C3H7N.CH3NO/c1-29-20(22(30)27-18-6-3-9-25-14-18)11-17(16-5-2-8-24-13-16)12-21(29)23(31)28-19-7-4-10-26-15-19;1-2-3-4;2-1-3/h2-15,20H,1H3,(H,27,30)(H,28,31);2-3H,4H2,1H3;1H,(H2,2,3)/b;3-2-;. The summed E-state index contributed by atoms with van der Waals surface area (Å²) in [6, 6.07) is 9.96. The Labute approximate surface area is 221 Å². The maximum absolute atomic E-state index is 13.1. The van der Waals surface area contributed by atoms with Crippen LogP contribution in [0.4, 0.5) is 11.4 Å². The number of likely N-dealkylation sites (N-methyl/N-ethyl adjacent to an activating group) is 1. The Hall–Kier alpha value is -5.32. The fraction of sp³-hybridized carbons (Fsp3) is 0.111. The summed E-state index contributed by atoms with van der Waals surface area (Å²) >= 11 is 0. The van der Waals surface area contributed by atoms with Gasteiger partial charge in [-0.05, 0) is 66.7 Å². The molecular formula is C27H30N8O3. The molecule has 3 aromatic rings. The summed E-state index contributed by atoms with van der Waals surface area (Å²) in [5.41, 5.74) is 12.0. The van der Waals surface area contributed by atoms with E-state index in [1.165, 1.54) is 6.20 Å². The zero-order valence-electron chi connectivity index (χ0n) is 21.1. The van der Waals surface area contributed by atoms with Crippen LogP contribution in [-0.2, 0) is 14.4 Å². The molecule has 3 aromatic heterocycles. The van der Waals surface area contributed by atoms with Gasteiger partial charge in [-0.25, -0.2) is 0 Å². The number of rotatable bonds is 5. The van der Waals surface area contributed by atoms with Gasteiger partial charge in [0.15, 0.2) is 0 Å². The van der Waals surface area contributed by atoms with Gasteiger partial charge in [0.1, 0.15) is 11.7 Å².